The number of anilines is 1. The van der Waals surface area contributed by atoms with E-state index in [9.17, 15) is 4.79 Å². The summed E-state index contributed by atoms with van der Waals surface area (Å²) in [6, 6.07) is 14.9. The molecule has 1 unspecified atom stereocenters. The first-order chi connectivity index (χ1) is 9.09. The number of halogens is 1. The molecule has 0 aliphatic heterocycles. The van der Waals surface area contributed by atoms with E-state index in [4.69, 9.17) is 5.73 Å². The normalized spacial score (nSPS) is 11.9. The first-order valence-electron chi connectivity index (χ1n) is 5.99. The van der Waals surface area contributed by atoms with Crippen molar-refractivity contribution in [2.75, 3.05) is 5.73 Å². The number of hydrogen-bond donors (Lipinski definition) is 2. The molecule has 0 radical (unpaired) electrons. The SMILES string of the molecule is CC(NC(=O)c1ccccc1I)c1ccccc1N. The van der Waals surface area contributed by atoms with E-state index < -0.39 is 0 Å². The minimum absolute atomic E-state index is 0.0826. The van der Waals surface area contributed by atoms with Gasteiger partial charge in [-0.2, -0.15) is 0 Å². The number of hydrogen-bond acceptors (Lipinski definition) is 2. The Kier molecular flexibility index (Phi) is 4.42. The second kappa shape index (κ2) is 6.06. The molecule has 2 aromatic carbocycles. The molecule has 2 rings (SSSR count). The van der Waals surface area contributed by atoms with Gasteiger partial charge in [0.2, 0.25) is 0 Å². The Hall–Kier alpha value is -1.56. The van der Waals surface area contributed by atoms with E-state index in [1.807, 2.05) is 55.5 Å². The standard InChI is InChI=1S/C15H15IN2O/c1-10(11-6-3-5-9-14(11)17)18-15(19)12-7-2-4-8-13(12)16/h2-10H,17H2,1H3,(H,18,19). The summed E-state index contributed by atoms with van der Waals surface area (Å²) in [4.78, 5) is 12.2. The van der Waals surface area contributed by atoms with Crippen LogP contribution in [0.5, 0.6) is 0 Å². The topological polar surface area (TPSA) is 55.1 Å². The van der Waals surface area contributed by atoms with E-state index in [0.29, 0.717) is 11.3 Å². The van der Waals surface area contributed by atoms with Gasteiger partial charge >= 0.3 is 0 Å². The fraction of sp³-hybridized carbons (Fsp3) is 0.133. The molecule has 1 atom stereocenters. The molecule has 0 saturated heterocycles. The Morgan fingerprint density at radius 3 is 2.47 bits per heavy atom. The van der Waals surface area contributed by atoms with Crippen molar-refractivity contribution in [2.45, 2.75) is 13.0 Å². The number of para-hydroxylation sites is 1. The maximum absolute atomic E-state index is 12.2. The molecule has 0 saturated carbocycles. The molecule has 0 heterocycles. The van der Waals surface area contributed by atoms with Crippen LogP contribution >= 0.6 is 22.6 Å². The molecule has 3 N–H and O–H groups in total. The number of amides is 1. The van der Waals surface area contributed by atoms with Crippen molar-refractivity contribution < 1.29 is 4.79 Å². The van der Waals surface area contributed by atoms with Gasteiger partial charge in [-0.05, 0) is 53.3 Å². The van der Waals surface area contributed by atoms with Crippen LogP contribution in [-0.2, 0) is 0 Å². The molecule has 19 heavy (non-hydrogen) atoms. The zero-order chi connectivity index (χ0) is 13.8. The number of rotatable bonds is 3. The number of carbonyl (C=O) groups is 1. The van der Waals surface area contributed by atoms with Crippen molar-refractivity contribution in [3.8, 4) is 0 Å². The molecular weight excluding hydrogens is 351 g/mol. The van der Waals surface area contributed by atoms with Gasteiger partial charge in [0, 0.05) is 9.26 Å². The molecule has 0 aliphatic rings. The zero-order valence-electron chi connectivity index (χ0n) is 10.6. The third-order valence-corrected chi connectivity index (χ3v) is 3.87. The monoisotopic (exact) mass is 366 g/mol. The van der Waals surface area contributed by atoms with Crippen LogP contribution in [0.1, 0.15) is 28.9 Å². The van der Waals surface area contributed by atoms with Crippen LogP contribution in [-0.4, -0.2) is 5.91 Å². The van der Waals surface area contributed by atoms with Crippen LogP contribution in [0.25, 0.3) is 0 Å². The fourth-order valence-corrected chi connectivity index (χ4v) is 2.54. The summed E-state index contributed by atoms with van der Waals surface area (Å²) in [6.45, 7) is 1.93. The van der Waals surface area contributed by atoms with E-state index in [2.05, 4.69) is 27.9 Å². The number of benzene rings is 2. The molecule has 2 aromatic rings. The fourth-order valence-electron chi connectivity index (χ4n) is 1.90. The minimum Gasteiger partial charge on any atom is -0.398 e. The van der Waals surface area contributed by atoms with E-state index in [1.54, 1.807) is 0 Å². The molecule has 0 aromatic heterocycles. The van der Waals surface area contributed by atoms with E-state index in [-0.39, 0.29) is 11.9 Å². The molecule has 0 spiro atoms. The molecular formula is C15H15IN2O. The predicted octanol–water partition coefficient (Wildman–Crippen LogP) is 3.36. The van der Waals surface area contributed by atoms with Crippen molar-refractivity contribution in [2.24, 2.45) is 0 Å². The maximum Gasteiger partial charge on any atom is 0.252 e. The lowest BCUT2D eigenvalue weighted by Crippen LogP contribution is -2.27. The van der Waals surface area contributed by atoms with Crippen LogP contribution in [0.2, 0.25) is 0 Å². The highest BCUT2D eigenvalue weighted by Gasteiger charge is 2.14. The maximum atomic E-state index is 12.2. The van der Waals surface area contributed by atoms with Gasteiger partial charge in [0.05, 0.1) is 11.6 Å². The summed E-state index contributed by atoms with van der Waals surface area (Å²) in [5.74, 6) is -0.0826. The van der Waals surface area contributed by atoms with Crippen molar-refractivity contribution in [1.82, 2.24) is 5.32 Å². The Bertz CT molecular complexity index is 598. The summed E-state index contributed by atoms with van der Waals surface area (Å²) in [6.07, 6.45) is 0. The summed E-state index contributed by atoms with van der Waals surface area (Å²) >= 11 is 2.16. The van der Waals surface area contributed by atoms with E-state index in [0.717, 1.165) is 9.13 Å². The molecule has 1 amide bonds. The lowest BCUT2D eigenvalue weighted by Gasteiger charge is -2.16. The number of carbonyl (C=O) groups excluding carboxylic acids is 1. The summed E-state index contributed by atoms with van der Waals surface area (Å²) in [5.41, 5.74) is 8.22. The average Bonchev–Trinajstić information content (AvgIpc) is 2.39. The van der Waals surface area contributed by atoms with Gasteiger partial charge in [0.1, 0.15) is 0 Å². The Balaban J connectivity index is 2.16. The highest BCUT2D eigenvalue weighted by molar-refractivity contribution is 14.1. The summed E-state index contributed by atoms with van der Waals surface area (Å²) in [7, 11) is 0. The molecule has 98 valence electrons. The van der Waals surface area contributed by atoms with Gasteiger partial charge in [-0.25, -0.2) is 0 Å². The third kappa shape index (κ3) is 3.26. The predicted molar refractivity (Wildman–Crippen MR) is 85.9 cm³/mol. The molecule has 3 nitrogen and oxygen atoms in total. The first-order valence-corrected chi connectivity index (χ1v) is 7.07. The Morgan fingerprint density at radius 1 is 1.16 bits per heavy atom. The van der Waals surface area contributed by atoms with Crippen LogP contribution in [0.15, 0.2) is 48.5 Å². The number of nitrogens with one attached hydrogen (secondary N) is 1. The number of nitrogen functional groups attached to an aromatic ring is 1. The highest BCUT2D eigenvalue weighted by atomic mass is 127. The van der Waals surface area contributed by atoms with Crippen molar-refractivity contribution >= 4 is 34.2 Å². The smallest absolute Gasteiger partial charge is 0.252 e. The molecule has 0 bridgehead atoms. The molecule has 0 aliphatic carbocycles. The van der Waals surface area contributed by atoms with Gasteiger partial charge in [-0.1, -0.05) is 30.3 Å². The third-order valence-electron chi connectivity index (χ3n) is 2.93. The second-order valence-corrected chi connectivity index (χ2v) is 5.47. The minimum atomic E-state index is -0.121. The van der Waals surface area contributed by atoms with Crippen molar-refractivity contribution in [3.63, 3.8) is 0 Å². The molecule has 0 fully saturated rings. The highest BCUT2D eigenvalue weighted by Crippen LogP contribution is 2.20. The van der Waals surface area contributed by atoms with Gasteiger partial charge in [0.25, 0.3) is 5.91 Å². The number of nitrogens with two attached hydrogens (primary N) is 1. The average molecular weight is 366 g/mol. The summed E-state index contributed by atoms with van der Waals surface area (Å²) in [5, 5.41) is 2.97. The van der Waals surface area contributed by atoms with Gasteiger partial charge in [-0.15, -0.1) is 0 Å². The van der Waals surface area contributed by atoms with Crippen LogP contribution in [0, 0.1) is 3.57 Å². The summed E-state index contributed by atoms with van der Waals surface area (Å²) < 4.78 is 0.936. The zero-order valence-corrected chi connectivity index (χ0v) is 12.7. The Labute approximate surface area is 126 Å². The lowest BCUT2D eigenvalue weighted by molar-refractivity contribution is 0.0939. The van der Waals surface area contributed by atoms with Crippen molar-refractivity contribution in [1.29, 1.82) is 0 Å². The molecule has 4 heteroatoms. The van der Waals surface area contributed by atoms with Crippen LogP contribution in [0.3, 0.4) is 0 Å². The van der Waals surface area contributed by atoms with Gasteiger partial charge < -0.3 is 11.1 Å². The Morgan fingerprint density at radius 2 is 1.79 bits per heavy atom. The van der Waals surface area contributed by atoms with Crippen LogP contribution in [0.4, 0.5) is 5.69 Å². The quantitative estimate of drug-likeness (QED) is 0.647. The van der Waals surface area contributed by atoms with E-state index >= 15 is 0 Å². The largest absolute Gasteiger partial charge is 0.398 e. The van der Waals surface area contributed by atoms with Gasteiger partial charge in [-0.3, -0.25) is 4.79 Å². The first kappa shape index (κ1) is 13.9. The van der Waals surface area contributed by atoms with Crippen LogP contribution < -0.4 is 11.1 Å². The van der Waals surface area contributed by atoms with Gasteiger partial charge in [0.15, 0.2) is 0 Å². The van der Waals surface area contributed by atoms with E-state index in [1.165, 1.54) is 0 Å². The lowest BCUT2D eigenvalue weighted by atomic mass is 10.1. The second-order valence-electron chi connectivity index (χ2n) is 4.30. The van der Waals surface area contributed by atoms with Crippen molar-refractivity contribution in [3.05, 3.63) is 63.2 Å².